The second kappa shape index (κ2) is 7.01. The molecule has 3 nitrogen and oxygen atoms in total. The number of hydrogen-bond donors (Lipinski definition) is 0. The predicted molar refractivity (Wildman–Crippen MR) is 61.9 cm³/mol. The number of hydrogen-bond acceptors (Lipinski definition) is 3. The number of carbonyl (C=O) groups excluding carboxylic acids is 1. The number of ether oxygens (including phenoxy) is 2. The summed E-state index contributed by atoms with van der Waals surface area (Å²) in [6.45, 7) is 4.54. The van der Waals surface area contributed by atoms with Crippen LogP contribution in [-0.2, 0) is 20.9 Å². The second-order valence-electron chi connectivity index (χ2n) is 3.64. The fourth-order valence-electron chi connectivity index (χ4n) is 1.17. The van der Waals surface area contributed by atoms with Gasteiger partial charge in [-0.1, -0.05) is 37.3 Å². The number of esters is 1. The fraction of sp³-hybridized carbons (Fsp3) is 0.462. The first-order valence-corrected chi connectivity index (χ1v) is 5.53. The van der Waals surface area contributed by atoms with Gasteiger partial charge in [0.05, 0.1) is 12.7 Å². The highest BCUT2D eigenvalue weighted by Crippen LogP contribution is 2.03. The van der Waals surface area contributed by atoms with Gasteiger partial charge in [0.1, 0.15) is 6.61 Å². The molecule has 0 aliphatic rings. The Morgan fingerprint density at radius 1 is 1.31 bits per heavy atom. The molecule has 0 aromatic heterocycles. The molecule has 0 saturated heterocycles. The van der Waals surface area contributed by atoms with Gasteiger partial charge in [0.2, 0.25) is 0 Å². The largest absolute Gasteiger partial charge is 0.463 e. The maximum Gasteiger partial charge on any atom is 0.305 e. The third kappa shape index (κ3) is 4.94. The lowest BCUT2D eigenvalue weighted by Gasteiger charge is -2.13. The molecule has 1 rings (SSSR count). The van der Waals surface area contributed by atoms with Gasteiger partial charge in [-0.2, -0.15) is 0 Å². The molecule has 1 aromatic rings. The molecule has 16 heavy (non-hydrogen) atoms. The predicted octanol–water partition coefficient (Wildman–Crippen LogP) is 2.54. The van der Waals surface area contributed by atoms with Gasteiger partial charge in [-0.05, 0) is 12.5 Å². The molecule has 88 valence electrons. The van der Waals surface area contributed by atoms with Crippen molar-refractivity contribution in [2.45, 2.75) is 33.0 Å². The first-order valence-electron chi connectivity index (χ1n) is 5.53. The average molecular weight is 222 g/mol. The molecule has 1 unspecified atom stereocenters. The summed E-state index contributed by atoms with van der Waals surface area (Å²) >= 11 is 0. The van der Waals surface area contributed by atoms with Gasteiger partial charge in [-0.15, -0.1) is 0 Å². The van der Waals surface area contributed by atoms with Crippen molar-refractivity contribution in [2.24, 2.45) is 0 Å². The Hall–Kier alpha value is -1.35. The van der Waals surface area contributed by atoms with Crippen molar-refractivity contribution in [3.8, 4) is 0 Å². The average Bonchev–Trinajstić information content (AvgIpc) is 2.34. The Balaban J connectivity index is 2.20. The zero-order valence-corrected chi connectivity index (χ0v) is 9.81. The van der Waals surface area contributed by atoms with E-state index in [2.05, 4.69) is 0 Å². The molecule has 0 heterocycles. The molecule has 1 atom stereocenters. The van der Waals surface area contributed by atoms with E-state index < -0.39 is 0 Å². The van der Waals surface area contributed by atoms with Crippen LogP contribution in [0.3, 0.4) is 0 Å². The molecule has 1 aromatic carbocycles. The van der Waals surface area contributed by atoms with Crippen molar-refractivity contribution in [3.05, 3.63) is 35.9 Å². The van der Waals surface area contributed by atoms with Crippen LogP contribution in [0.25, 0.3) is 0 Å². The van der Waals surface area contributed by atoms with E-state index in [0.717, 1.165) is 5.56 Å². The molecule has 0 bridgehead atoms. The van der Waals surface area contributed by atoms with Crippen molar-refractivity contribution >= 4 is 5.97 Å². The summed E-state index contributed by atoms with van der Waals surface area (Å²) < 4.78 is 10.5. The van der Waals surface area contributed by atoms with E-state index in [1.165, 1.54) is 0 Å². The Bertz CT molecular complexity index is 308. The van der Waals surface area contributed by atoms with Gasteiger partial charge in [-0.25, -0.2) is 0 Å². The maximum atomic E-state index is 10.9. The molecule has 3 heteroatoms. The van der Waals surface area contributed by atoms with Crippen LogP contribution in [0.5, 0.6) is 0 Å². The normalized spacial score (nSPS) is 12.1. The van der Waals surface area contributed by atoms with Crippen molar-refractivity contribution in [1.29, 1.82) is 0 Å². The highest BCUT2D eigenvalue weighted by molar-refractivity contribution is 5.68. The van der Waals surface area contributed by atoms with E-state index in [4.69, 9.17) is 9.47 Å². The standard InChI is InChI=1S/C13H18O3/c1-3-13(14)16-9-11(2)15-10-12-7-5-4-6-8-12/h4-8,11H,3,9-10H2,1-2H3. The van der Waals surface area contributed by atoms with Crippen LogP contribution in [0.15, 0.2) is 30.3 Å². The van der Waals surface area contributed by atoms with Gasteiger partial charge < -0.3 is 9.47 Å². The smallest absolute Gasteiger partial charge is 0.305 e. The molecular formula is C13H18O3. The number of carbonyl (C=O) groups is 1. The molecule has 0 amide bonds. The minimum atomic E-state index is -0.185. The van der Waals surface area contributed by atoms with Crippen molar-refractivity contribution in [1.82, 2.24) is 0 Å². The van der Waals surface area contributed by atoms with Crippen LogP contribution in [0.1, 0.15) is 25.8 Å². The van der Waals surface area contributed by atoms with Crippen LogP contribution >= 0.6 is 0 Å². The van der Waals surface area contributed by atoms with Crippen molar-refractivity contribution in [3.63, 3.8) is 0 Å². The SMILES string of the molecule is CCC(=O)OCC(C)OCc1ccccc1. The number of benzene rings is 1. The van der Waals surface area contributed by atoms with Gasteiger partial charge in [-0.3, -0.25) is 4.79 Å². The van der Waals surface area contributed by atoms with E-state index >= 15 is 0 Å². The van der Waals surface area contributed by atoms with Crippen LogP contribution in [-0.4, -0.2) is 18.7 Å². The molecule has 0 spiro atoms. The minimum Gasteiger partial charge on any atom is -0.463 e. The van der Waals surface area contributed by atoms with E-state index in [1.54, 1.807) is 6.92 Å². The lowest BCUT2D eigenvalue weighted by molar-refractivity contribution is -0.147. The van der Waals surface area contributed by atoms with Crippen LogP contribution < -0.4 is 0 Å². The lowest BCUT2D eigenvalue weighted by Crippen LogP contribution is -2.18. The Morgan fingerprint density at radius 3 is 2.62 bits per heavy atom. The second-order valence-corrected chi connectivity index (χ2v) is 3.64. The molecule has 0 aliphatic heterocycles. The van der Waals surface area contributed by atoms with E-state index in [9.17, 15) is 4.79 Å². The zero-order valence-electron chi connectivity index (χ0n) is 9.81. The monoisotopic (exact) mass is 222 g/mol. The summed E-state index contributed by atoms with van der Waals surface area (Å²) in [6, 6.07) is 9.92. The fourth-order valence-corrected chi connectivity index (χ4v) is 1.17. The van der Waals surface area contributed by atoms with E-state index in [0.29, 0.717) is 19.6 Å². The van der Waals surface area contributed by atoms with Gasteiger partial charge in [0, 0.05) is 6.42 Å². The molecular weight excluding hydrogens is 204 g/mol. The molecule has 0 fully saturated rings. The highest BCUT2D eigenvalue weighted by atomic mass is 16.6. The first-order chi connectivity index (χ1) is 7.72. The molecule has 0 aliphatic carbocycles. The Kier molecular flexibility index (Phi) is 5.57. The first kappa shape index (κ1) is 12.7. The van der Waals surface area contributed by atoms with Gasteiger partial charge >= 0.3 is 5.97 Å². The lowest BCUT2D eigenvalue weighted by atomic mass is 10.2. The quantitative estimate of drug-likeness (QED) is 0.694. The van der Waals surface area contributed by atoms with E-state index in [1.807, 2.05) is 37.3 Å². The summed E-state index contributed by atoms with van der Waals surface area (Å²) in [5.41, 5.74) is 1.12. The van der Waals surface area contributed by atoms with Gasteiger partial charge in [0.25, 0.3) is 0 Å². The summed E-state index contributed by atoms with van der Waals surface area (Å²) in [4.78, 5) is 10.9. The van der Waals surface area contributed by atoms with Crippen molar-refractivity contribution < 1.29 is 14.3 Å². The molecule has 0 N–H and O–H groups in total. The molecule has 0 radical (unpaired) electrons. The summed E-state index contributed by atoms with van der Waals surface area (Å²) in [6.07, 6.45) is 0.335. The maximum absolute atomic E-state index is 10.9. The van der Waals surface area contributed by atoms with Crippen molar-refractivity contribution in [2.75, 3.05) is 6.61 Å². The zero-order chi connectivity index (χ0) is 11.8. The summed E-state index contributed by atoms with van der Waals surface area (Å²) in [7, 11) is 0. The van der Waals surface area contributed by atoms with E-state index in [-0.39, 0.29) is 12.1 Å². The van der Waals surface area contributed by atoms with Crippen LogP contribution in [0.4, 0.5) is 0 Å². The Morgan fingerprint density at radius 2 is 2.00 bits per heavy atom. The molecule has 0 saturated carbocycles. The summed E-state index contributed by atoms with van der Waals surface area (Å²) in [5, 5.41) is 0. The minimum absolute atomic E-state index is 0.0734. The summed E-state index contributed by atoms with van der Waals surface area (Å²) in [5.74, 6) is -0.185. The topological polar surface area (TPSA) is 35.5 Å². The van der Waals surface area contributed by atoms with Crippen LogP contribution in [0, 0.1) is 0 Å². The highest BCUT2D eigenvalue weighted by Gasteiger charge is 2.05. The van der Waals surface area contributed by atoms with Gasteiger partial charge in [0.15, 0.2) is 0 Å². The third-order valence-corrected chi connectivity index (χ3v) is 2.15. The third-order valence-electron chi connectivity index (χ3n) is 2.15. The van der Waals surface area contributed by atoms with Crippen LogP contribution in [0.2, 0.25) is 0 Å². The Labute approximate surface area is 96.4 Å². The number of rotatable bonds is 6.